The highest BCUT2D eigenvalue weighted by Crippen LogP contribution is 2.20. The Morgan fingerprint density at radius 1 is 1.08 bits per heavy atom. The summed E-state index contributed by atoms with van der Waals surface area (Å²) >= 11 is 0. The fourth-order valence-electron chi connectivity index (χ4n) is 3.80. The Hall–Kier alpha value is -2.02. The molecular formula is C17H24N6O. The van der Waals surface area contributed by atoms with Crippen molar-refractivity contribution in [3.63, 3.8) is 0 Å². The smallest absolute Gasteiger partial charge is 0.267 e. The van der Waals surface area contributed by atoms with E-state index in [9.17, 15) is 4.79 Å². The monoisotopic (exact) mass is 328 g/mol. The summed E-state index contributed by atoms with van der Waals surface area (Å²) in [6.07, 6.45) is 8.85. The van der Waals surface area contributed by atoms with Crippen molar-refractivity contribution in [3.05, 3.63) is 40.1 Å². The summed E-state index contributed by atoms with van der Waals surface area (Å²) in [5.74, 6) is 0.550. The van der Waals surface area contributed by atoms with Crippen molar-refractivity contribution in [2.24, 2.45) is 5.92 Å². The van der Waals surface area contributed by atoms with E-state index in [2.05, 4.69) is 20.2 Å². The van der Waals surface area contributed by atoms with Crippen LogP contribution in [0.5, 0.6) is 0 Å². The maximum Gasteiger partial charge on any atom is 0.267 e. The average molecular weight is 328 g/mol. The number of aromatic nitrogens is 5. The van der Waals surface area contributed by atoms with E-state index in [0.717, 1.165) is 70.5 Å². The number of hydrogen-bond acceptors (Lipinski definition) is 5. The standard InChI is InChI=1S/C17H24N6O/c24-17-12-15-2-1-3-16(15)20-22(17)13-14-4-8-21(9-5-14)10-11-23-18-6-7-19-23/h6-7,12,14H,1-5,8-11,13H2. The lowest BCUT2D eigenvalue weighted by atomic mass is 9.97. The maximum atomic E-state index is 12.2. The molecule has 1 aliphatic heterocycles. The van der Waals surface area contributed by atoms with Crippen LogP contribution in [-0.4, -0.2) is 49.3 Å². The van der Waals surface area contributed by atoms with E-state index in [0.29, 0.717) is 5.92 Å². The molecule has 4 rings (SSSR count). The van der Waals surface area contributed by atoms with Gasteiger partial charge in [0.25, 0.3) is 5.56 Å². The highest BCUT2D eigenvalue weighted by atomic mass is 16.1. The van der Waals surface area contributed by atoms with Crippen LogP contribution in [0.2, 0.25) is 0 Å². The van der Waals surface area contributed by atoms with Gasteiger partial charge in [0.2, 0.25) is 0 Å². The minimum absolute atomic E-state index is 0.0721. The van der Waals surface area contributed by atoms with E-state index in [4.69, 9.17) is 0 Å². The molecule has 0 unspecified atom stereocenters. The number of hydrogen-bond donors (Lipinski definition) is 0. The van der Waals surface area contributed by atoms with Gasteiger partial charge in [-0.05, 0) is 56.7 Å². The van der Waals surface area contributed by atoms with Gasteiger partial charge in [-0.15, -0.1) is 0 Å². The molecule has 2 aromatic rings. The number of aryl methyl sites for hydroxylation is 2. The molecule has 0 spiro atoms. The van der Waals surface area contributed by atoms with Crippen molar-refractivity contribution in [3.8, 4) is 0 Å². The summed E-state index contributed by atoms with van der Waals surface area (Å²) in [4.78, 5) is 16.4. The minimum atomic E-state index is 0.0721. The van der Waals surface area contributed by atoms with Crippen molar-refractivity contribution >= 4 is 0 Å². The molecule has 0 aromatic carbocycles. The highest BCUT2D eigenvalue weighted by molar-refractivity contribution is 5.22. The predicted octanol–water partition coefficient (Wildman–Crippen LogP) is 0.736. The molecule has 2 aliphatic rings. The fourth-order valence-corrected chi connectivity index (χ4v) is 3.80. The quantitative estimate of drug-likeness (QED) is 0.809. The maximum absolute atomic E-state index is 12.2. The van der Waals surface area contributed by atoms with E-state index < -0.39 is 0 Å². The fraction of sp³-hybridized carbons (Fsp3) is 0.647. The van der Waals surface area contributed by atoms with Gasteiger partial charge in [0.15, 0.2) is 0 Å². The van der Waals surface area contributed by atoms with Crippen LogP contribution in [0.25, 0.3) is 0 Å². The molecule has 1 aliphatic carbocycles. The number of rotatable bonds is 5. The van der Waals surface area contributed by atoms with E-state index in [-0.39, 0.29) is 5.56 Å². The molecule has 3 heterocycles. The zero-order valence-corrected chi connectivity index (χ0v) is 14.0. The first-order chi connectivity index (χ1) is 11.8. The first-order valence-corrected chi connectivity index (χ1v) is 8.94. The third-order valence-corrected chi connectivity index (χ3v) is 5.24. The summed E-state index contributed by atoms with van der Waals surface area (Å²) in [6, 6.07) is 1.81. The van der Waals surface area contributed by atoms with Crippen molar-refractivity contribution in [2.45, 2.75) is 45.2 Å². The summed E-state index contributed by atoms with van der Waals surface area (Å²) in [6.45, 7) is 4.74. The Bertz CT molecular complexity index is 730. The van der Waals surface area contributed by atoms with Gasteiger partial charge < -0.3 is 4.90 Å². The molecule has 0 radical (unpaired) electrons. The van der Waals surface area contributed by atoms with Gasteiger partial charge >= 0.3 is 0 Å². The van der Waals surface area contributed by atoms with Gasteiger partial charge in [0, 0.05) is 19.2 Å². The molecule has 128 valence electrons. The van der Waals surface area contributed by atoms with Gasteiger partial charge in [-0.25, -0.2) is 4.68 Å². The largest absolute Gasteiger partial charge is 0.301 e. The first kappa shape index (κ1) is 15.5. The van der Waals surface area contributed by atoms with Gasteiger partial charge in [-0.2, -0.15) is 20.1 Å². The van der Waals surface area contributed by atoms with E-state index in [1.807, 2.05) is 6.07 Å². The molecule has 0 bridgehead atoms. The molecule has 7 heteroatoms. The van der Waals surface area contributed by atoms with Crippen LogP contribution in [0, 0.1) is 5.92 Å². The topological polar surface area (TPSA) is 68.8 Å². The van der Waals surface area contributed by atoms with Crippen LogP contribution in [0.4, 0.5) is 0 Å². The van der Waals surface area contributed by atoms with Gasteiger partial charge in [0.1, 0.15) is 0 Å². The molecule has 1 fully saturated rings. The average Bonchev–Trinajstić information content (AvgIpc) is 3.26. The Morgan fingerprint density at radius 3 is 2.67 bits per heavy atom. The second kappa shape index (κ2) is 6.84. The summed E-state index contributed by atoms with van der Waals surface area (Å²) < 4.78 is 1.71. The van der Waals surface area contributed by atoms with Crippen LogP contribution in [-0.2, 0) is 25.9 Å². The minimum Gasteiger partial charge on any atom is -0.301 e. The Balaban J connectivity index is 1.29. The zero-order valence-electron chi connectivity index (χ0n) is 14.0. The molecule has 0 saturated carbocycles. The van der Waals surface area contributed by atoms with Crippen molar-refractivity contribution in [1.29, 1.82) is 0 Å². The first-order valence-electron chi connectivity index (χ1n) is 8.94. The van der Waals surface area contributed by atoms with E-state index in [1.54, 1.807) is 21.9 Å². The Morgan fingerprint density at radius 2 is 1.88 bits per heavy atom. The molecule has 0 atom stereocenters. The molecule has 2 aromatic heterocycles. The lowest BCUT2D eigenvalue weighted by Crippen LogP contribution is -2.38. The normalized spacial score (nSPS) is 18.8. The molecule has 24 heavy (non-hydrogen) atoms. The Labute approximate surface area is 141 Å². The van der Waals surface area contributed by atoms with E-state index in [1.165, 1.54) is 5.56 Å². The van der Waals surface area contributed by atoms with Crippen LogP contribution < -0.4 is 5.56 Å². The van der Waals surface area contributed by atoms with Crippen LogP contribution in [0.1, 0.15) is 30.5 Å². The molecule has 7 nitrogen and oxygen atoms in total. The number of nitrogens with zero attached hydrogens (tertiary/aromatic N) is 6. The Kier molecular flexibility index (Phi) is 4.42. The number of piperidine rings is 1. The molecule has 1 saturated heterocycles. The van der Waals surface area contributed by atoms with Crippen molar-refractivity contribution in [1.82, 2.24) is 29.7 Å². The van der Waals surface area contributed by atoms with Gasteiger partial charge in [0.05, 0.1) is 24.6 Å². The number of likely N-dealkylation sites (tertiary alicyclic amines) is 1. The lowest BCUT2D eigenvalue weighted by Gasteiger charge is -2.31. The predicted molar refractivity (Wildman–Crippen MR) is 89.7 cm³/mol. The molecule has 0 N–H and O–H groups in total. The van der Waals surface area contributed by atoms with Crippen molar-refractivity contribution < 1.29 is 0 Å². The molecular weight excluding hydrogens is 304 g/mol. The lowest BCUT2D eigenvalue weighted by molar-refractivity contribution is 0.161. The summed E-state index contributed by atoms with van der Waals surface area (Å²) in [7, 11) is 0. The number of fused-ring (bicyclic) bond motifs is 1. The van der Waals surface area contributed by atoms with Crippen LogP contribution >= 0.6 is 0 Å². The van der Waals surface area contributed by atoms with Gasteiger partial charge in [-0.3, -0.25) is 4.79 Å². The zero-order chi connectivity index (χ0) is 16.4. The third-order valence-electron chi connectivity index (χ3n) is 5.24. The SMILES string of the molecule is O=c1cc2c(nn1CC1CCN(CCn3nccn3)CC1)CCC2. The van der Waals surface area contributed by atoms with Gasteiger partial charge in [-0.1, -0.05) is 0 Å². The third kappa shape index (κ3) is 3.40. The van der Waals surface area contributed by atoms with Crippen LogP contribution in [0.15, 0.2) is 23.3 Å². The summed E-state index contributed by atoms with van der Waals surface area (Å²) in [5, 5.41) is 12.9. The highest BCUT2D eigenvalue weighted by Gasteiger charge is 2.21. The second-order valence-electron chi connectivity index (χ2n) is 6.90. The molecule has 0 amide bonds. The summed E-state index contributed by atoms with van der Waals surface area (Å²) in [5.41, 5.74) is 2.37. The van der Waals surface area contributed by atoms with E-state index >= 15 is 0 Å². The second-order valence-corrected chi connectivity index (χ2v) is 6.90. The van der Waals surface area contributed by atoms with Crippen LogP contribution in [0.3, 0.4) is 0 Å². The van der Waals surface area contributed by atoms with Crippen molar-refractivity contribution in [2.75, 3.05) is 19.6 Å².